The van der Waals surface area contributed by atoms with Crippen molar-refractivity contribution in [2.45, 2.75) is 6.10 Å². The van der Waals surface area contributed by atoms with Gasteiger partial charge in [-0.3, -0.25) is 0 Å². The second kappa shape index (κ2) is 6.53. The van der Waals surface area contributed by atoms with E-state index in [9.17, 15) is 13.9 Å². The Bertz CT molecular complexity index is 680. The van der Waals surface area contributed by atoms with Crippen LogP contribution < -0.4 is 5.32 Å². The first-order chi connectivity index (χ1) is 10.0. The number of nitrogens with one attached hydrogen (secondary N) is 1. The van der Waals surface area contributed by atoms with Gasteiger partial charge < -0.3 is 10.4 Å². The second-order valence-corrected chi connectivity index (χ2v) is 4.77. The van der Waals surface area contributed by atoms with E-state index < -0.39 is 23.3 Å². The maximum Gasteiger partial charge on any atom is 0.132 e. The van der Waals surface area contributed by atoms with E-state index in [1.54, 1.807) is 6.07 Å². The average Bonchev–Trinajstić information content (AvgIpc) is 2.45. The maximum atomic E-state index is 13.5. The van der Waals surface area contributed by atoms with Gasteiger partial charge >= 0.3 is 0 Å². The van der Waals surface area contributed by atoms with Gasteiger partial charge in [-0.1, -0.05) is 17.7 Å². The minimum atomic E-state index is -1.39. The number of nitriles is 1. The standard InChI is InChI=1S/C15H11ClF2N2O/c16-10-5-4-9(7-19)13(6-10)20-8-14(21)15-11(17)2-1-3-12(15)18/h1-6,14,20-21H,8H2. The maximum absolute atomic E-state index is 13.5. The highest BCUT2D eigenvalue weighted by molar-refractivity contribution is 6.30. The van der Waals surface area contributed by atoms with Gasteiger partial charge in [0, 0.05) is 11.6 Å². The van der Waals surface area contributed by atoms with E-state index in [4.69, 9.17) is 16.9 Å². The minimum Gasteiger partial charge on any atom is -0.386 e. The summed E-state index contributed by atoms with van der Waals surface area (Å²) in [5, 5.41) is 22.1. The van der Waals surface area contributed by atoms with E-state index in [0.29, 0.717) is 16.3 Å². The molecule has 3 nitrogen and oxygen atoms in total. The van der Waals surface area contributed by atoms with Gasteiger partial charge in [-0.05, 0) is 30.3 Å². The third-order valence-electron chi connectivity index (χ3n) is 2.92. The fraction of sp³-hybridized carbons (Fsp3) is 0.133. The molecule has 0 saturated carbocycles. The summed E-state index contributed by atoms with van der Waals surface area (Å²) in [6.07, 6.45) is -1.39. The van der Waals surface area contributed by atoms with Gasteiger partial charge in [0.2, 0.25) is 0 Å². The predicted octanol–water partition coefficient (Wildman–Crippen LogP) is 3.64. The number of hydrogen-bond acceptors (Lipinski definition) is 3. The summed E-state index contributed by atoms with van der Waals surface area (Å²) in [6.45, 7) is -0.160. The summed E-state index contributed by atoms with van der Waals surface area (Å²) in [5.41, 5.74) is 0.298. The van der Waals surface area contributed by atoms with Gasteiger partial charge in [-0.25, -0.2) is 8.78 Å². The van der Waals surface area contributed by atoms with Crippen LogP contribution in [0, 0.1) is 23.0 Å². The predicted molar refractivity (Wildman–Crippen MR) is 76.0 cm³/mol. The molecule has 21 heavy (non-hydrogen) atoms. The van der Waals surface area contributed by atoms with Crippen LogP contribution in [0.5, 0.6) is 0 Å². The third kappa shape index (κ3) is 3.48. The molecule has 0 bridgehead atoms. The van der Waals surface area contributed by atoms with E-state index in [1.807, 2.05) is 6.07 Å². The fourth-order valence-corrected chi connectivity index (χ4v) is 2.07. The Balaban J connectivity index is 2.17. The van der Waals surface area contributed by atoms with Crippen LogP contribution in [0.3, 0.4) is 0 Å². The number of anilines is 1. The zero-order valence-corrected chi connectivity index (χ0v) is 11.5. The van der Waals surface area contributed by atoms with Gasteiger partial charge in [0.1, 0.15) is 23.8 Å². The molecule has 0 aromatic heterocycles. The third-order valence-corrected chi connectivity index (χ3v) is 3.16. The molecular weight excluding hydrogens is 298 g/mol. The molecule has 2 rings (SSSR count). The molecule has 108 valence electrons. The van der Waals surface area contributed by atoms with Crippen LogP contribution >= 0.6 is 11.6 Å². The largest absolute Gasteiger partial charge is 0.386 e. The van der Waals surface area contributed by atoms with Crippen molar-refractivity contribution < 1.29 is 13.9 Å². The molecule has 0 fully saturated rings. The van der Waals surface area contributed by atoms with Gasteiger partial charge in [-0.15, -0.1) is 0 Å². The highest BCUT2D eigenvalue weighted by Gasteiger charge is 2.17. The van der Waals surface area contributed by atoms with Crippen molar-refractivity contribution in [2.24, 2.45) is 0 Å². The SMILES string of the molecule is N#Cc1ccc(Cl)cc1NCC(O)c1c(F)cccc1F. The molecule has 6 heteroatoms. The molecule has 0 amide bonds. The lowest BCUT2D eigenvalue weighted by molar-refractivity contribution is 0.181. The summed E-state index contributed by atoms with van der Waals surface area (Å²) in [5.74, 6) is -1.65. The summed E-state index contributed by atoms with van der Waals surface area (Å²) >= 11 is 5.82. The smallest absolute Gasteiger partial charge is 0.132 e. The van der Waals surface area contributed by atoms with E-state index in [1.165, 1.54) is 18.2 Å². The molecule has 0 heterocycles. The van der Waals surface area contributed by atoms with E-state index >= 15 is 0 Å². The molecule has 0 aliphatic rings. The molecule has 0 aliphatic carbocycles. The van der Waals surface area contributed by atoms with E-state index in [2.05, 4.69) is 5.32 Å². The summed E-state index contributed by atoms with van der Waals surface area (Å²) in [4.78, 5) is 0. The molecule has 0 radical (unpaired) electrons. The van der Waals surface area contributed by atoms with Crippen molar-refractivity contribution in [3.8, 4) is 6.07 Å². The molecule has 1 unspecified atom stereocenters. The van der Waals surface area contributed by atoms with Crippen molar-refractivity contribution in [1.82, 2.24) is 0 Å². The molecule has 0 saturated heterocycles. The van der Waals surface area contributed by atoms with Crippen LogP contribution in [-0.4, -0.2) is 11.7 Å². The molecule has 0 aliphatic heterocycles. The van der Waals surface area contributed by atoms with Gasteiger partial charge in [-0.2, -0.15) is 5.26 Å². The quantitative estimate of drug-likeness (QED) is 0.906. The first kappa shape index (κ1) is 15.2. The van der Waals surface area contributed by atoms with Crippen molar-refractivity contribution in [3.05, 3.63) is 64.2 Å². The lowest BCUT2D eigenvalue weighted by atomic mass is 10.1. The van der Waals surface area contributed by atoms with Crippen molar-refractivity contribution in [1.29, 1.82) is 5.26 Å². The Labute approximate surface area is 125 Å². The molecule has 2 aromatic rings. The summed E-state index contributed by atoms with van der Waals surface area (Å²) in [6, 6.07) is 9.89. The Kier molecular flexibility index (Phi) is 4.73. The highest BCUT2D eigenvalue weighted by atomic mass is 35.5. The zero-order valence-electron chi connectivity index (χ0n) is 10.8. The summed E-state index contributed by atoms with van der Waals surface area (Å²) in [7, 11) is 0. The molecule has 2 N–H and O–H groups in total. The Morgan fingerprint density at radius 2 is 1.90 bits per heavy atom. The van der Waals surface area contributed by atoms with Crippen LogP contribution in [0.4, 0.5) is 14.5 Å². The van der Waals surface area contributed by atoms with Crippen molar-refractivity contribution >= 4 is 17.3 Å². The van der Waals surface area contributed by atoms with Crippen LogP contribution in [0.15, 0.2) is 36.4 Å². The Morgan fingerprint density at radius 1 is 1.24 bits per heavy atom. The zero-order chi connectivity index (χ0) is 15.4. The summed E-state index contributed by atoms with van der Waals surface area (Å²) < 4.78 is 27.1. The Hall–Kier alpha value is -2.16. The number of aliphatic hydroxyl groups is 1. The normalized spacial score (nSPS) is 11.8. The number of halogens is 3. The second-order valence-electron chi connectivity index (χ2n) is 4.33. The topological polar surface area (TPSA) is 56.0 Å². The number of nitrogens with zero attached hydrogens (tertiary/aromatic N) is 1. The van der Waals surface area contributed by atoms with Gasteiger partial charge in [0.25, 0.3) is 0 Å². The highest BCUT2D eigenvalue weighted by Crippen LogP contribution is 2.24. The van der Waals surface area contributed by atoms with E-state index in [-0.39, 0.29) is 6.54 Å². The van der Waals surface area contributed by atoms with Crippen molar-refractivity contribution in [2.75, 3.05) is 11.9 Å². The number of hydrogen-bond donors (Lipinski definition) is 2. The number of benzene rings is 2. The van der Waals surface area contributed by atoms with Crippen LogP contribution in [0.1, 0.15) is 17.2 Å². The first-order valence-electron chi connectivity index (χ1n) is 6.08. The Morgan fingerprint density at radius 3 is 2.52 bits per heavy atom. The van der Waals surface area contributed by atoms with Crippen LogP contribution in [0.25, 0.3) is 0 Å². The van der Waals surface area contributed by atoms with Gasteiger partial charge in [0.05, 0.1) is 16.8 Å². The lowest BCUT2D eigenvalue weighted by Gasteiger charge is -2.15. The molecule has 0 spiro atoms. The van der Waals surface area contributed by atoms with Crippen molar-refractivity contribution in [3.63, 3.8) is 0 Å². The monoisotopic (exact) mass is 308 g/mol. The van der Waals surface area contributed by atoms with E-state index in [0.717, 1.165) is 12.1 Å². The fourth-order valence-electron chi connectivity index (χ4n) is 1.90. The van der Waals surface area contributed by atoms with Crippen LogP contribution in [-0.2, 0) is 0 Å². The molecule has 1 atom stereocenters. The number of aliphatic hydroxyl groups excluding tert-OH is 1. The van der Waals surface area contributed by atoms with Gasteiger partial charge in [0.15, 0.2) is 0 Å². The first-order valence-corrected chi connectivity index (χ1v) is 6.46. The minimum absolute atomic E-state index is 0.160. The van der Waals surface area contributed by atoms with Crippen LogP contribution in [0.2, 0.25) is 5.02 Å². The molecular formula is C15H11ClF2N2O. The number of rotatable bonds is 4. The molecule has 2 aromatic carbocycles. The lowest BCUT2D eigenvalue weighted by Crippen LogP contribution is -2.15. The average molecular weight is 309 g/mol.